The van der Waals surface area contributed by atoms with Crippen LogP contribution in [0.15, 0.2) is 17.2 Å². The highest BCUT2D eigenvalue weighted by Gasteiger charge is 2.16. The van der Waals surface area contributed by atoms with Crippen LogP contribution in [0, 0.1) is 10.1 Å². The highest BCUT2D eigenvalue weighted by molar-refractivity contribution is 7.80. The smallest absolute Gasteiger partial charge is 0.311 e. The molecule has 1 aromatic rings. The van der Waals surface area contributed by atoms with Gasteiger partial charge in [-0.05, 0) is 12.2 Å². The summed E-state index contributed by atoms with van der Waals surface area (Å²) in [4.78, 5) is 9.75. The van der Waals surface area contributed by atoms with E-state index in [0.29, 0.717) is 0 Å². The third kappa shape index (κ3) is 3.28. The Labute approximate surface area is 101 Å². The van der Waals surface area contributed by atoms with Gasteiger partial charge in [-0.15, -0.1) is 0 Å². The molecule has 0 radical (unpaired) electrons. The molecule has 0 aliphatic heterocycles. The number of rotatable bonds is 3. The van der Waals surface area contributed by atoms with Crippen LogP contribution in [0.3, 0.4) is 0 Å². The first-order valence-corrected chi connectivity index (χ1v) is 4.61. The van der Waals surface area contributed by atoms with E-state index >= 15 is 0 Å². The monoisotopic (exact) mass is 256 g/mol. The second kappa shape index (κ2) is 5.07. The number of hydrogen-bond donors (Lipinski definition) is 4. The number of hydrogen-bond acceptors (Lipinski definition) is 6. The summed E-state index contributed by atoms with van der Waals surface area (Å²) in [5, 5.41) is 32.6. The average Bonchev–Trinajstić information content (AvgIpc) is 2.20. The first-order chi connectivity index (χ1) is 7.91. The van der Waals surface area contributed by atoms with Gasteiger partial charge in [0.1, 0.15) is 5.75 Å². The highest BCUT2D eigenvalue weighted by Crippen LogP contribution is 2.31. The number of phenols is 2. The second-order valence-corrected chi connectivity index (χ2v) is 3.33. The summed E-state index contributed by atoms with van der Waals surface area (Å²) in [6, 6.07) is 1.82. The molecular weight excluding hydrogens is 248 g/mol. The molecule has 0 atom stereocenters. The van der Waals surface area contributed by atoms with Crippen LogP contribution in [-0.4, -0.2) is 26.5 Å². The Hall–Kier alpha value is -2.42. The highest BCUT2D eigenvalue weighted by atomic mass is 32.1. The summed E-state index contributed by atoms with van der Waals surface area (Å²) in [6.45, 7) is 0. The van der Waals surface area contributed by atoms with Crippen molar-refractivity contribution in [2.24, 2.45) is 10.8 Å². The van der Waals surface area contributed by atoms with Crippen molar-refractivity contribution in [1.82, 2.24) is 5.43 Å². The number of hydrazone groups is 1. The van der Waals surface area contributed by atoms with Crippen LogP contribution in [-0.2, 0) is 0 Å². The Morgan fingerprint density at radius 3 is 2.71 bits per heavy atom. The standard InChI is InChI=1S/C8H8N4O4S/c9-8(17)11-10-3-4-1-5(12(15)16)7(14)2-6(4)13/h1-3,13-14H,(H3,9,11,17)/b10-3+. The van der Waals surface area contributed by atoms with E-state index in [1.165, 1.54) is 0 Å². The Morgan fingerprint density at radius 1 is 1.53 bits per heavy atom. The zero-order valence-electron chi connectivity index (χ0n) is 8.32. The third-order valence-corrected chi connectivity index (χ3v) is 1.79. The molecule has 90 valence electrons. The predicted octanol–water partition coefficient (Wildman–Crippen LogP) is 0.173. The quantitative estimate of drug-likeness (QED) is 0.262. The van der Waals surface area contributed by atoms with Gasteiger partial charge in [0.05, 0.1) is 11.1 Å². The lowest BCUT2D eigenvalue weighted by Gasteiger charge is -2.01. The summed E-state index contributed by atoms with van der Waals surface area (Å²) in [5.41, 5.74) is 6.81. The van der Waals surface area contributed by atoms with E-state index in [1.54, 1.807) is 0 Å². The van der Waals surface area contributed by atoms with Crippen molar-refractivity contribution in [3.63, 3.8) is 0 Å². The number of aromatic hydroxyl groups is 2. The van der Waals surface area contributed by atoms with Gasteiger partial charge in [-0.3, -0.25) is 15.5 Å². The number of benzene rings is 1. The van der Waals surface area contributed by atoms with E-state index in [9.17, 15) is 20.3 Å². The molecule has 5 N–H and O–H groups in total. The lowest BCUT2D eigenvalue weighted by atomic mass is 10.2. The summed E-state index contributed by atoms with van der Waals surface area (Å²) >= 11 is 4.47. The molecule has 0 aromatic heterocycles. The normalized spacial score (nSPS) is 10.4. The number of thiocarbonyl (C=S) groups is 1. The molecule has 8 nitrogen and oxygen atoms in total. The van der Waals surface area contributed by atoms with Gasteiger partial charge in [-0.2, -0.15) is 5.10 Å². The maximum Gasteiger partial charge on any atom is 0.311 e. The van der Waals surface area contributed by atoms with Gasteiger partial charge in [0.25, 0.3) is 0 Å². The van der Waals surface area contributed by atoms with Crippen LogP contribution in [0.25, 0.3) is 0 Å². The van der Waals surface area contributed by atoms with E-state index < -0.39 is 16.4 Å². The van der Waals surface area contributed by atoms with Crippen molar-refractivity contribution in [1.29, 1.82) is 0 Å². The number of phenolic OH excluding ortho intramolecular Hbond substituents is 2. The zero-order chi connectivity index (χ0) is 13.0. The van der Waals surface area contributed by atoms with Gasteiger partial charge >= 0.3 is 5.69 Å². The molecule has 0 amide bonds. The SMILES string of the molecule is NC(=S)N/N=C/c1cc([N+](=O)[O-])c(O)cc1O. The van der Waals surface area contributed by atoms with E-state index in [4.69, 9.17) is 5.73 Å². The van der Waals surface area contributed by atoms with Crippen LogP contribution < -0.4 is 11.2 Å². The molecule has 0 fully saturated rings. The van der Waals surface area contributed by atoms with Crippen molar-refractivity contribution >= 4 is 29.2 Å². The van der Waals surface area contributed by atoms with Crippen LogP contribution in [0.1, 0.15) is 5.56 Å². The van der Waals surface area contributed by atoms with Crippen molar-refractivity contribution < 1.29 is 15.1 Å². The summed E-state index contributed by atoms with van der Waals surface area (Å²) in [6.07, 6.45) is 1.08. The molecule has 0 aliphatic rings. The van der Waals surface area contributed by atoms with Crippen LogP contribution in [0.4, 0.5) is 5.69 Å². The van der Waals surface area contributed by atoms with Gasteiger partial charge in [0.2, 0.25) is 0 Å². The number of nitro benzene ring substituents is 1. The molecule has 0 saturated carbocycles. The van der Waals surface area contributed by atoms with E-state index in [1.807, 2.05) is 0 Å². The molecular formula is C8H8N4O4S. The molecule has 0 unspecified atom stereocenters. The Morgan fingerprint density at radius 2 is 2.18 bits per heavy atom. The average molecular weight is 256 g/mol. The third-order valence-electron chi connectivity index (χ3n) is 1.70. The Kier molecular flexibility index (Phi) is 3.78. The molecule has 1 aromatic carbocycles. The Balaban J connectivity index is 3.07. The summed E-state index contributed by atoms with van der Waals surface area (Å²) in [5.74, 6) is -0.992. The molecule has 1 rings (SSSR count). The van der Waals surface area contributed by atoms with Crippen molar-refractivity contribution in [2.45, 2.75) is 0 Å². The second-order valence-electron chi connectivity index (χ2n) is 2.89. The zero-order valence-corrected chi connectivity index (χ0v) is 9.14. The largest absolute Gasteiger partial charge is 0.507 e. The first-order valence-electron chi connectivity index (χ1n) is 4.20. The van der Waals surface area contributed by atoms with Gasteiger partial charge in [0.15, 0.2) is 10.9 Å². The predicted molar refractivity (Wildman–Crippen MR) is 63.9 cm³/mol. The molecule has 0 spiro atoms. The van der Waals surface area contributed by atoms with Crippen molar-refractivity contribution in [3.8, 4) is 11.5 Å². The minimum atomic E-state index is -0.785. The van der Waals surface area contributed by atoms with E-state index in [0.717, 1.165) is 18.3 Å². The van der Waals surface area contributed by atoms with Gasteiger partial charge < -0.3 is 15.9 Å². The number of nitrogens with zero attached hydrogens (tertiary/aromatic N) is 2. The molecule has 9 heteroatoms. The minimum Gasteiger partial charge on any atom is -0.507 e. The van der Waals surface area contributed by atoms with Gasteiger partial charge in [0, 0.05) is 17.7 Å². The number of nitrogens with one attached hydrogen (secondary N) is 1. The summed E-state index contributed by atoms with van der Waals surface area (Å²) in [7, 11) is 0. The number of nitrogens with two attached hydrogens (primary N) is 1. The molecule has 17 heavy (non-hydrogen) atoms. The molecule has 0 heterocycles. The molecule has 0 aliphatic carbocycles. The fourth-order valence-electron chi connectivity index (χ4n) is 0.997. The Bertz CT molecular complexity index is 503. The van der Waals surface area contributed by atoms with Crippen LogP contribution in [0.2, 0.25) is 0 Å². The van der Waals surface area contributed by atoms with E-state index in [-0.39, 0.29) is 16.4 Å². The van der Waals surface area contributed by atoms with Gasteiger partial charge in [-0.1, -0.05) is 0 Å². The fourth-order valence-corrected chi connectivity index (χ4v) is 1.05. The summed E-state index contributed by atoms with van der Waals surface area (Å²) < 4.78 is 0. The molecule has 0 saturated heterocycles. The van der Waals surface area contributed by atoms with Crippen molar-refractivity contribution in [2.75, 3.05) is 0 Å². The molecule has 0 bridgehead atoms. The lowest BCUT2D eigenvalue weighted by Crippen LogP contribution is -2.24. The topological polar surface area (TPSA) is 134 Å². The fraction of sp³-hybridized carbons (Fsp3) is 0. The van der Waals surface area contributed by atoms with Crippen LogP contribution in [0.5, 0.6) is 11.5 Å². The van der Waals surface area contributed by atoms with E-state index in [2.05, 4.69) is 22.7 Å². The minimum absolute atomic E-state index is 0.0400. The lowest BCUT2D eigenvalue weighted by molar-refractivity contribution is -0.385. The first kappa shape index (κ1) is 12.6. The number of nitro groups is 1. The maximum atomic E-state index is 10.5. The maximum absolute atomic E-state index is 10.5. The van der Waals surface area contributed by atoms with Gasteiger partial charge in [-0.25, -0.2) is 0 Å². The van der Waals surface area contributed by atoms with Crippen molar-refractivity contribution in [3.05, 3.63) is 27.8 Å². The van der Waals surface area contributed by atoms with Crippen LogP contribution >= 0.6 is 12.2 Å².